The molecule has 6 aliphatic rings. The summed E-state index contributed by atoms with van der Waals surface area (Å²) in [5.41, 5.74) is 7.08. The quantitative estimate of drug-likeness (QED) is 0.131. The number of anilines is 1. The second kappa shape index (κ2) is 13.5. The van der Waals surface area contributed by atoms with Crippen LogP contribution in [0.5, 0.6) is 0 Å². The molecular weight excluding hydrogens is 711 g/mol. The summed E-state index contributed by atoms with van der Waals surface area (Å²) in [5.74, 6) is -2.29. The van der Waals surface area contributed by atoms with Gasteiger partial charge in [0.2, 0.25) is 5.91 Å². The molecule has 0 saturated carbocycles. The Bertz CT molecular complexity index is 2010. The number of hydrogen-bond acceptors (Lipinski definition) is 10. The molecule has 6 aliphatic heterocycles. The lowest BCUT2D eigenvalue weighted by atomic mass is 9.92. The molecule has 2 N–H and O–H groups in total. The molecule has 14 nitrogen and oxygen atoms in total. The zero-order chi connectivity index (χ0) is 37.0. The van der Waals surface area contributed by atoms with Crippen molar-refractivity contribution in [3.8, 4) is 0 Å². The topological polar surface area (TPSA) is 163 Å². The molecule has 52 heavy (non-hydrogen) atoms. The van der Waals surface area contributed by atoms with Gasteiger partial charge >= 0.3 is 12.1 Å². The SMILES string of the molecule is C=CCOC(=O)O[C@@H](C)C1C(=O)N2C(C(=O)OCC=C)=C(CN3c4cccc5c(CC[N+]67CC[N+](CC(N)=O)(CC6)CC7)ccc(c45)S3(=O)=O)SC12. The van der Waals surface area contributed by atoms with Gasteiger partial charge in [-0.1, -0.05) is 55.3 Å². The van der Waals surface area contributed by atoms with Gasteiger partial charge in [0.1, 0.15) is 75.6 Å². The molecule has 276 valence electrons. The zero-order valence-electron chi connectivity index (χ0n) is 29.0. The number of piperazine rings is 3. The number of benzene rings is 2. The number of primary amides is 1. The predicted octanol–water partition coefficient (Wildman–Crippen LogP) is 2.24. The fourth-order valence-electron chi connectivity index (χ4n) is 8.34. The molecule has 8 rings (SSSR count). The second-order valence-corrected chi connectivity index (χ2v) is 17.2. The number of hydrogen-bond donors (Lipinski definition) is 1. The first kappa shape index (κ1) is 36.0. The number of fused-ring (bicyclic) bond motifs is 4. The van der Waals surface area contributed by atoms with Crippen LogP contribution in [-0.4, -0.2) is 130 Å². The molecule has 4 fully saturated rings. The number of β-lactam (4-membered cyclic amide) rings is 1. The van der Waals surface area contributed by atoms with E-state index in [1.54, 1.807) is 19.1 Å². The Hall–Kier alpha value is -4.38. The third kappa shape index (κ3) is 6.04. The summed E-state index contributed by atoms with van der Waals surface area (Å²) in [7, 11) is -4.04. The molecule has 4 saturated heterocycles. The summed E-state index contributed by atoms with van der Waals surface area (Å²) < 4.78 is 47.1. The third-order valence-corrected chi connectivity index (χ3v) is 14.3. The normalized spacial score (nSPS) is 27.2. The van der Waals surface area contributed by atoms with E-state index in [2.05, 4.69) is 13.2 Å². The first-order valence-corrected chi connectivity index (χ1v) is 19.7. The Morgan fingerprint density at radius 3 is 2.37 bits per heavy atom. The Kier molecular flexibility index (Phi) is 9.38. The van der Waals surface area contributed by atoms with Gasteiger partial charge in [-0.2, -0.15) is 0 Å². The van der Waals surface area contributed by atoms with Gasteiger partial charge in [0.05, 0.1) is 23.7 Å². The van der Waals surface area contributed by atoms with Crippen LogP contribution in [0.15, 0.2) is 71.1 Å². The molecule has 0 aliphatic carbocycles. The van der Waals surface area contributed by atoms with E-state index in [1.165, 1.54) is 33.1 Å². The van der Waals surface area contributed by atoms with Crippen molar-refractivity contribution in [3.05, 3.63) is 71.8 Å². The molecule has 2 aromatic carbocycles. The third-order valence-electron chi connectivity index (χ3n) is 11.2. The van der Waals surface area contributed by atoms with E-state index in [1.807, 2.05) is 18.2 Å². The highest BCUT2D eigenvalue weighted by Gasteiger charge is 2.59. The maximum Gasteiger partial charge on any atom is 0.508 e. The Labute approximate surface area is 306 Å². The minimum Gasteiger partial charge on any atom is -0.457 e. The minimum atomic E-state index is -4.04. The van der Waals surface area contributed by atoms with Gasteiger partial charge < -0.3 is 28.9 Å². The lowest BCUT2D eigenvalue weighted by molar-refractivity contribution is -1.08. The lowest BCUT2D eigenvalue weighted by Gasteiger charge is -2.55. The monoisotopic (exact) mass is 753 g/mol. The van der Waals surface area contributed by atoms with Crippen molar-refractivity contribution in [2.75, 3.05) is 76.4 Å². The van der Waals surface area contributed by atoms with Crippen molar-refractivity contribution in [2.45, 2.75) is 29.7 Å². The molecule has 2 aromatic rings. The summed E-state index contributed by atoms with van der Waals surface area (Å²) in [6.07, 6.45) is 1.72. The number of quaternary nitrogens is 2. The maximum absolute atomic E-state index is 14.2. The van der Waals surface area contributed by atoms with Crippen LogP contribution in [0.2, 0.25) is 0 Å². The smallest absolute Gasteiger partial charge is 0.457 e. The van der Waals surface area contributed by atoms with Gasteiger partial charge in [-0.25, -0.2) is 18.0 Å². The van der Waals surface area contributed by atoms with Crippen LogP contribution in [-0.2, 0) is 45.0 Å². The number of sulfonamides is 1. The van der Waals surface area contributed by atoms with Gasteiger partial charge in [0, 0.05) is 16.7 Å². The highest BCUT2D eigenvalue weighted by Crippen LogP contribution is 2.53. The summed E-state index contributed by atoms with van der Waals surface area (Å²) in [6, 6.07) is 9.13. The Morgan fingerprint density at radius 2 is 1.69 bits per heavy atom. The fraction of sp³-hybridized carbons (Fsp3) is 0.444. The fourth-order valence-corrected chi connectivity index (χ4v) is 11.7. The Morgan fingerprint density at radius 1 is 1.02 bits per heavy atom. The predicted molar refractivity (Wildman–Crippen MR) is 193 cm³/mol. The number of nitrogens with two attached hydrogens (primary N) is 1. The number of thioether (sulfide) groups is 1. The number of carbonyl (C=O) groups is 4. The van der Waals surface area contributed by atoms with Crippen molar-refractivity contribution in [1.29, 1.82) is 0 Å². The van der Waals surface area contributed by atoms with Crippen LogP contribution in [0.4, 0.5) is 10.5 Å². The van der Waals surface area contributed by atoms with Crippen LogP contribution in [0.3, 0.4) is 0 Å². The van der Waals surface area contributed by atoms with E-state index in [4.69, 9.17) is 19.9 Å². The van der Waals surface area contributed by atoms with E-state index in [-0.39, 0.29) is 36.3 Å². The Balaban J connectivity index is 1.14. The number of amides is 2. The number of rotatable bonds is 14. The van der Waals surface area contributed by atoms with E-state index < -0.39 is 45.5 Å². The number of nitrogens with zero attached hydrogens (tertiary/aromatic N) is 4. The molecule has 2 unspecified atom stereocenters. The second-order valence-electron chi connectivity index (χ2n) is 14.1. The number of carbonyl (C=O) groups excluding carboxylic acids is 4. The minimum absolute atomic E-state index is 0.0333. The summed E-state index contributed by atoms with van der Waals surface area (Å²) in [4.78, 5) is 52.5. The van der Waals surface area contributed by atoms with Crippen LogP contribution in [0, 0.1) is 5.92 Å². The van der Waals surface area contributed by atoms with Crippen LogP contribution < -0.4 is 10.0 Å². The lowest BCUT2D eigenvalue weighted by Crippen LogP contribution is -2.76. The molecule has 3 atom stereocenters. The summed E-state index contributed by atoms with van der Waals surface area (Å²) in [6.45, 7) is 15.3. The first-order chi connectivity index (χ1) is 24.8. The summed E-state index contributed by atoms with van der Waals surface area (Å²) >= 11 is 1.18. The molecule has 16 heteroatoms. The van der Waals surface area contributed by atoms with Gasteiger partial charge in [0.25, 0.3) is 15.9 Å². The summed E-state index contributed by atoms with van der Waals surface area (Å²) in [5, 5.41) is 0.869. The van der Waals surface area contributed by atoms with E-state index >= 15 is 0 Å². The maximum atomic E-state index is 14.2. The van der Waals surface area contributed by atoms with Gasteiger partial charge in [-0.15, -0.1) is 0 Å². The van der Waals surface area contributed by atoms with Crippen molar-refractivity contribution >= 4 is 62.2 Å². The standard InChI is InChI=1S/C36H42N5O9S2/c1-4-19-48-35(44)32-27(51-34-30(33(43)39(32)34)23(3)50-36(45)49-20-5-2)21-38-26-8-6-7-25-24(9-10-28(31(25)26)52(38,46)47)11-12-40-13-16-41(17-14-40,18-15-40)22-29(37)42/h4-10,23,30,34H,1-2,11-22H2,3H3,(H-,37,42)/q+1/p+1/t23-,30?,34?,40?,41?/m0/s1. The van der Waals surface area contributed by atoms with Crippen molar-refractivity contribution in [3.63, 3.8) is 0 Å². The molecule has 0 aromatic heterocycles. The molecule has 2 bridgehead atoms. The van der Waals surface area contributed by atoms with Crippen molar-refractivity contribution in [2.24, 2.45) is 11.7 Å². The van der Waals surface area contributed by atoms with Crippen LogP contribution in [0.1, 0.15) is 12.5 Å². The van der Waals surface area contributed by atoms with Crippen molar-refractivity contribution < 1.29 is 50.8 Å². The van der Waals surface area contributed by atoms with E-state index in [9.17, 15) is 27.6 Å². The number of ether oxygens (including phenoxy) is 3. The average molecular weight is 754 g/mol. The molecule has 6 heterocycles. The average Bonchev–Trinajstić information content (AvgIpc) is 3.55. The highest BCUT2D eigenvalue weighted by atomic mass is 32.2. The molecule has 0 radical (unpaired) electrons. The molecule has 2 amide bonds. The largest absolute Gasteiger partial charge is 0.508 e. The van der Waals surface area contributed by atoms with Gasteiger partial charge in [-0.3, -0.25) is 18.8 Å². The molecule has 0 spiro atoms. The zero-order valence-corrected chi connectivity index (χ0v) is 30.7. The van der Waals surface area contributed by atoms with Crippen LogP contribution >= 0.6 is 11.8 Å². The van der Waals surface area contributed by atoms with Crippen LogP contribution in [0.25, 0.3) is 10.8 Å². The number of esters is 1. The van der Waals surface area contributed by atoms with E-state index in [0.717, 1.165) is 72.1 Å². The molecular formula is C36H43N5O9S2+2. The highest BCUT2D eigenvalue weighted by molar-refractivity contribution is 8.04. The van der Waals surface area contributed by atoms with Crippen molar-refractivity contribution in [1.82, 2.24) is 4.90 Å². The van der Waals surface area contributed by atoms with Gasteiger partial charge in [-0.05, 0) is 30.0 Å². The van der Waals surface area contributed by atoms with E-state index in [0.29, 0.717) is 22.5 Å². The van der Waals surface area contributed by atoms with Gasteiger partial charge in [0.15, 0.2) is 6.54 Å². The first-order valence-electron chi connectivity index (χ1n) is 17.3.